The fraction of sp³-hybridized carbons (Fsp3) is 0.0714. The van der Waals surface area contributed by atoms with Gasteiger partial charge in [0.15, 0.2) is 0 Å². The van der Waals surface area contributed by atoms with E-state index in [0.717, 1.165) is 33.0 Å². The minimum Gasteiger partial charge on any atom is -0.397 e. The van der Waals surface area contributed by atoms with Gasteiger partial charge in [0, 0.05) is 34.6 Å². The summed E-state index contributed by atoms with van der Waals surface area (Å²) in [6, 6.07) is 9.84. The number of benzene rings is 1. The summed E-state index contributed by atoms with van der Waals surface area (Å²) in [5.74, 6) is 0. The van der Waals surface area contributed by atoms with Gasteiger partial charge in [-0.1, -0.05) is 17.7 Å². The number of nitrogen functional groups attached to an aromatic ring is 1. The molecule has 3 rings (SSSR count). The summed E-state index contributed by atoms with van der Waals surface area (Å²) < 4.78 is 0.800. The van der Waals surface area contributed by atoms with Crippen LogP contribution in [0.25, 0.3) is 10.8 Å². The molecule has 3 aromatic rings. The highest BCUT2D eigenvalue weighted by atomic mass is 35.5. The third-order valence-corrected chi connectivity index (χ3v) is 4.17. The molecular weight excluding hydrogens is 278 g/mol. The Hall–Kier alpha value is -1.78. The van der Waals surface area contributed by atoms with Crippen LogP contribution in [0.2, 0.25) is 4.34 Å². The van der Waals surface area contributed by atoms with Crippen LogP contribution >= 0.6 is 22.9 Å². The molecule has 0 aliphatic heterocycles. The normalized spacial score (nSPS) is 10.8. The zero-order valence-electron chi connectivity index (χ0n) is 10.1. The van der Waals surface area contributed by atoms with Gasteiger partial charge in [-0.3, -0.25) is 4.98 Å². The Kier molecular flexibility index (Phi) is 3.27. The van der Waals surface area contributed by atoms with Gasteiger partial charge in [-0.15, -0.1) is 11.3 Å². The number of thiophene rings is 1. The molecular formula is C14H12ClN3S. The van der Waals surface area contributed by atoms with Crippen LogP contribution in [0.1, 0.15) is 4.88 Å². The van der Waals surface area contributed by atoms with E-state index >= 15 is 0 Å². The molecule has 0 saturated carbocycles. The first-order valence-electron chi connectivity index (χ1n) is 5.84. The first-order chi connectivity index (χ1) is 9.24. The van der Waals surface area contributed by atoms with Crippen molar-refractivity contribution in [3.8, 4) is 0 Å². The molecule has 0 atom stereocenters. The molecule has 0 aliphatic rings. The zero-order valence-corrected chi connectivity index (χ0v) is 11.6. The molecule has 0 amide bonds. The third kappa shape index (κ3) is 2.50. The lowest BCUT2D eigenvalue weighted by molar-refractivity contribution is 1.20. The van der Waals surface area contributed by atoms with E-state index in [2.05, 4.69) is 10.3 Å². The summed E-state index contributed by atoms with van der Waals surface area (Å²) in [5.41, 5.74) is 7.86. The molecule has 3 N–H and O–H groups in total. The van der Waals surface area contributed by atoms with Crippen molar-refractivity contribution in [2.24, 2.45) is 0 Å². The Morgan fingerprint density at radius 2 is 2.11 bits per heavy atom. The zero-order chi connectivity index (χ0) is 13.2. The summed E-state index contributed by atoms with van der Waals surface area (Å²) in [7, 11) is 0. The van der Waals surface area contributed by atoms with Crippen molar-refractivity contribution in [2.75, 3.05) is 11.1 Å². The van der Waals surface area contributed by atoms with Crippen LogP contribution in [0.15, 0.2) is 42.7 Å². The highest BCUT2D eigenvalue weighted by molar-refractivity contribution is 7.16. The molecule has 1 aromatic carbocycles. The molecule has 0 saturated heterocycles. The monoisotopic (exact) mass is 289 g/mol. The maximum absolute atomic E-state index is 6.18. The fourth-order valence-electron chi connectivity index (χ4n) is 1.98. The number of aromatic nitrogens is 1. The SMILES string of the molecule is Nc1c(NCc2ccc(Cl)s2)ccc2cnccc12. The molecule has 0 fully saturated rings. The average molecular weight is 290 g/mol. The van der Waals surface area contributed by atoms with Crippen LogP contribution in [0.5, 0.6) is 0 Å². The maximum atomic E-state index is 6.18. The van der Waals surface area contributed by atoms with Crippen molar-refractivity contribution < 1.29 is 0 Å². The van der Waals surface area contributed by atoms with Crippen molar-refractivity contribution in [3.63, 3.8) is 0 Å². The van der Waals surface area contributed by atoms with Crippen LogP contribution in [0.4, 0.5) is 11.4 Å². The fourth-order valence-corrected chi connectivity index (χ4v) is 3.00. The van der Waals surface area contributed by atoms with Gasteiger partial charge in [-0.25, -0.2) is 0 Å². The Morgan fingerprint density at radius 1 is 1.21 bits per heavy atom. The summed E-state index contributed by atoms with van der Waals surface area (Å²) in [5, 5.41) is 5.40. The second kappa shape index (κ2) is 5.07. The maximum Gasteiger partial charge on any atom is 0.0931 e. The van der Waals surface area contributed by atoms with Gasteiger partial charge in [0.2, 0.25) is 0 Å². The van der Waals surface area contributed by atoms with Crippen molar-refractivity contribution in [1.29, 1.82) is 0 Å². The van der Waals surface area contributed by atoms with E-state index in [0.29, 0.717) is 0 Å². The predicted molar refractivity (Wildman–Crippen MR) is 82.8 cm³/mol. The molecule has 0 aliphatic carbocycles. The second-order valence-electron chi connectivity index (χ2n) is 4.18. The van der Waals surface area contributed by atoms with Crippen molar-refractivity contribution in [3.05, 3.63) is 51.9 Å². The summed E-state index contributed by atoms with van der Waals surface area (Å²) in [6.07, 6.45) is 3.57. The van der Waals surface area contributed by atoms with Gasteiger partial charge in [0.05, 0.1) is 15.7 Å². The van der Waals surface area contributed by atoms with Crippen molar-refractivity contribution >= 4 is 45.1 Å². The van der Waals surface area contributed by atoms with E-state index in [-0.39, 0.29) is 0 Å². The molecule has 0 radical (unpaired) electrons. The van der Waals surface area contributed by atoms with Crippen LogP contribution in [-0.4, -0.2) is 4.98 Å². The highest BCUT2D eigenvalue weighted by Gasteiger charge is 2.05. The van der Waals surface area contributed by atoms with Crippen LogP contribution in [-0.2, 0) is 6.54 Å². The smallest absolute Gasteiger partial charge is 0.0931 e. The highest BCUT2D eigenvalue weighted by Crippen LogP contribution is 2.29. The van der Waals surface area contributed by atoms with Crippen LogP contribution in [0, 0.1) is 0 Å². The number of pyridine rings is 1. The number of fused-ring (bicyclic) bond motifs is 1. The Balaban J connectivity index is 1.87. The number of rotatable bonds is 3. The van der Waals surface area contributed by atoms with E-state index in [1.165, 1.54) is 4.88 Å². The molecule has 0 unspecified atom stereocenters. The lowest BCUT2D eigenvalue weighted by atomic mass is 10.1. The number of nitrogens with zero attached hydrogens (tertiary/aromatic N) is 1. The Labute approximate surface area is 120 Å². The Bertz CT molecular complexity index is 724. The van der Waals surface area contributed by atoms with Crippen molar-refractivity contribution in [2.45, 2.75) is 6.54 Å². The molecule has 0 bridgehead atoms. The molecule has 3 nitrogen and oxygen atoms in total. The van der Waals surface area contributed by atoms with Crippen LogP contribution < -0.4 is 11.1 Å². The first kappa shape index (κ1) is 12.3. The number of nitrogens with two attached hydrogens (primary N) is 1. The standard InChI is InChI=1S/C14H12ClN3S/c15-13-4-2-10(19-13)8-18-12-3-1-9-7-17-6-5-11(9)14(12)16/h1-7,18H,8,16H2. The van der Waals surface area contributed by atoms with E-state index in [9.17, 15) is 0 Å². The summed E-state index contributed by atoms with van der Waals surface area (Å²) in [4.78, 5) is 5.27. The van der Waals surface area contributed by atoms with Gasteiger partial charge in [0.25, 0.3) is 0 Å². The molecule has 96 valence electrons. The minimum absolute atomic E-state index is 0.720. The van der Waals surface area contributed by atoms with E-state index in [4.69, 9.17) is 17.3 Å². The van der Waals surface area contributed by atoms with Gasteiger partial charge < -0.3 is 11.1 Å². The second-order valence-corrected chi connectivity index (χ2v) is 5.98. The average Bonchev–Trinajstić information content (AvgIpc) is 2.84. The number of anilines is 2. The number of hydrogen-bond acceptors (Lipinski definition) is 4. The first-order valence-corrected chi connectivity index (χ1v) is 7.04. The van der Waals surface area contributed by atoms with E-state index in [1.54, 1.807) is 17.5 Å². The number of hydrogen-bond donors (Lipinski definition) is 2. The lowest BCUT2D eigenvalue weighted by Gasteiger charge is -2.10. The molecule has 2 heterocycles. The quantitative estimate of drug-likeness (QED) is 0.712. The number of halogens is 1. The molecule has 19 heavy (non-hydrogen) atoms. The van der Waals surface area contributed by atoms with Gasteiger partial charge in [-0.2, -0.15) is 0 Å². The number of nitrogens with one attached hydrogen (secondary N) is 1. The minimum atomic E-state index is 0.720. The van der Waals surface area contributed by atoms with Gasteiger partial charge in [-0.05, 0) is 24.3 Å². The lowest BCUT2D eigenvalue weighted by Crippen LogP contribution is -2.01. The van der Waals surface area contributed by atoms with Gasteiger partial charge in [0.1, 0.15) is 0 Å². The third-order valence-electron chi connectivity index (χ3n) is 2.94. The van der Waals surface area contributed by atoms with E-state index < -0.39 is 0 Å². The molecule has 0 spiro atoms. The van der Waals surface area contributed by atoms with E-state index in [1.807, 2.05) is 36.5 Å². The summed E-state index contributed by atoms with van der Waals surface area (Å²) >= 11 is 7.48. The Morgan fingerprint density at radius 3 is 2.89 bits per heavy atom. The molecule has 5 heteroatoms. The summed E-state index contributed by atoms with van der Waals surface area (Å²) in [6.45, 7) is 0.720. The van der Waals surface area contributed by atoms with Gasteiger partial charge >= 0.3 is 0 Å². The largest absolute Gasteiger partial charge is 0.397 e. The molecule has 2 aromatic heterocycles. The topological polar surface area (TPSA) is 50.9 Å². The van der Waals surface area contributed by atoms with Crippen molar-refractivity contribution in [1.82, 2.24) is 4.98 Å². The predicted octanol–water partition coefficient (Wildman–Crippen LogP) is 4.14. The van der Waals surface area contributed by atoms with Crippen LogP contribution in [0.3, 0.4) is 0 Å².